The van der Waals surface area contributed by atoms with Crippen molar-refractivity contribution in [2.45, 2.75) is 6.92 Å². The molecule has 21 heavy (non-hydrogen) atoms. The van der Waals surface area contributed by atoms with Gasteiger partial charge in [0.05, 0.1) is 23.0 Å². The first-order valence-electron chi connectivity index (χ1n) is 6.31. The number of benzene rings is 1. The second-order valence-electron chi connectivity index (χ2n) is 4.52. The van der Waals surface area contributed by atoms with E-state index >= 15 is 0 Å². The molecule has 2 aromatic heterocycles. The Morgan fingerprint density at radius 3 is 2.67 bits per heavy atom. The molecule has 0 aliphatic heterocycles. The third-order valence-corrected chi connectivity index (χ3v) is 4.09. The number of nitrogens with zero attached hydrogens (tertiary/aromatic N) is 3. The minimum Gasteiger partial charge on any atom is -0.464 e. The van der Waals surface area contributed by atoms with Gasteiger partial charge in [0.25, 0.3) is 0 Å². The average Bonchev–Trinajstić information content (AvgIpc) is 2.82. The SMILES string of the molecule is COC(=O)c1cc(-c2ccccc2)nc2c(Br)c(C)nn12. The molecule has 3 aromatic rings. The summed E-state index contributed by atoms with van der Waals surface area (Å²) in [5, 5.41) is 4.32. The van der Waals surface area contributed by atoms with Crippen molar-refractivity contribution in [3.8, 4) is 11.3 Å². The third kappa shape index (κ3) is 2.31. The number of fused-ring (bicyclic) bond motifs is 1. The molecule has 6 heteroatoms. The number of carbonyl (C=O) groups is 1. The zero-order valence-electron chi connectivity index (χ0n) is 11.5. The number of hydrogen-bond donors (Lipinski definition) is 0. The number of halogens is 1. The highest BCUT2D eigenvalue weighted by Gasteiger charge is 2.18. The quantitative estimate of drug-likeness (QED) is 0.669. The zero-order valence-corrected chi connectivity index (χ0v) is 13.1. The molecule has 0 saturated heterocycles. The summed E-state index contributed by atoms with van der Waals surface area (Å²) in [4.78, 5) is 16.6. The average molecular weight is 346 g/mol. The predicted molar refractivity (Wildman–Crippen MR) is 82.2 cm³/mol. The summed E-state index contributed by atoms with van der Waals surface area (Å²) >= 11 is 3.46. The van der Waals surface area contributed by atoms with Crippen LogP contribution in [0.3, 0.4) is 0 Å². The molecule has 0 aliphatic carbocycles. The van der Waals surface area contributed by atoms with Gasteiger partial charge in [-0.3, -0.25) is 0 Å². The van der Waals surface area contributed by atoms with Crippen LogP contribution in [-0.4, -0.2) is 27.7 Å². The monoisotopic (exact) mass is 345 g/mol. The Morgan fingerprint density at radius 2 is 2.00 bits per heavy atom. The number of rotatable bonds is 2. The Hall–Kier alpha value is -2.21. The standard InChI is InChI=1S/C15H12BrN3O2/c1-9-13(16)14-17-11(10-6-4-3-5-7-10)8-12(15(20)21-2)19(14)18-9/h3-8H,1-2H3. The summed E-state index contributed by atoms with van der Waals surface area (Å²) in [6, 6.07) is 11.4. The molecule has 0 fully saturated rings. The van der Waals surface area contributed by atoms with Gasteiger partial charge in [-0.05, 0) is 28.9 Å². The van der Waals surface area contributed by atoms with Gasteiger partial charge in [-0.1, -0.05) is 30.3 Å². The van der Waals surface area contributed by atoms with Gasteiger partial charge in [0, 0.05) is 5.56 Å². The molecule has 0 aliphatic rings. The van der Waals surface area contributed by atoms with E-state index in [1.165, 1.54) is 11.6 Å². The fourth-order valence-corrected chi connectivity index (χ4v) is 2.44. The highest BCUT2D eigenvalue weighted by Crippen LogP contribution is 2.26. The van der Waals surface area contributed by atoms with Crippen LogP contribution in [-0.2, 0) is 4.74 Å². The van der Waals surface area contributed by atoms with Gasteiger partial charge in [0.2, 0.25) is 0 Å². The van der Waals surface area contributed by atoms with Crippen molar-refractivity contribution in [1.82, 2.24) is 14.6 Å². The van der Waals surface area contributed by atoms with Gasteiger partial charge < -0.3 is 4.74 Å². The molecule has 0 N–H and O–H groups in total. The molecular weight excluding hydrogens is 334 g/mol. The molecule has 2 heterocycles. The van der Waals surface area contributed by atoms with E-state index in [1.54, 1.807) is 6.07 Å². The lowest BCUT2D eigenvalue weighted by atomic mass is 10.1. The van der Waals surface area contributed by atoms with E-state index in [0.717, 1.165) is 15.7 Å². The Labute approximate surface area is 129 Å². The zero-order chi connectivity index (χ0) is 15.0. The second-order valence-corrected chi connectivity index (χ2v) is 5.31. The lowest BCUT2D eigenvalue weighted by Gasteiger charge is -2.06. The molecule has 0 saturated carbocycles. The predicted octanol–water partition coefficient (Wildman–Crippen LogP) is 3.25. The summed E-state index contributed by atoms with van der Waals surface area (Å²) < 4.78 is 7.11. The van der Waals surface area contributed by atoms with Crippen molar-refractivity contribution in [2.75, 3.05) is 7.11 Å². The third-order valence-electron chi connectivity index (χ3n) is 3.16. The number of aromatic nitrogens is 3. The van der Waals surface area contributed by atoms with E-state index in [2.05, 4.69) is 26.0 Å². The fourth-order valence-electron chi connectivity index (χ4n) is 2.10. The number of ether oxygens (including phenoxy) is 1. The first-order valence-corrected chi connectivity index (χ1v) is 7.10. The van der Waals surface area contributed by atoms with Crippen molar-refractivity contribution < 1.29 is 9.53 Å². The number of methoxy groups -OCH3 is 1. The van der Waals surface area contributed by atoms with Gasteiger partial charge >= 0.3 is 5.97 Å². The lowest BCUT2D eigenvalue weighted by Crippen LogP contribution is -2.10. The van der Waals surface area contributed by atoms with Gasteiger partial charge in [-0.25, -0.2) is 14.3 Å². The molecule has 0 unspecified atom stereocenters. The summed E-state index contributed by atoms with van der Waals surface area (Å²) in [7, 11) is 1.35. The summed E-state index contributed by atoms with van der Waals surface area (Å²) in [5.41, 5.74) is 3.32. The summed E-state index contributed by atoms with van der Waals surface area (Å²) in [5.74, 6) is -0.449. The van der Waals surface area contributed by atoms with Crippen molar-refractivity contribution in [3.63, 3.8) is 0 Å². The molecule has 5 nitrogen and oxygen atoms in total. The van der Waals surface area contributed by atoms with Crippen LogP contribution in [0.1, 0.15) is 16.2 Å². The fraction of sp³-hybridized carbons (Fsp3) is 0.133. The van der Waals surface area contributed by atoms with E-state index in [9.17, 15) is 4.79 Å². The van der Waals surface area contributed by atoms with Crippen LogP contribution >= 0.6 is 15.9 Å². The minimum absolute atomic E-state index is 0.343. The first kappa shape index (κ1) is 13.8. The lowest BCUT2D eigenvalue weighted by molar-refractivity contribution is 0.0590. The Kier molecular flexibility index (Phi) is 3.47. The molecule has 0 amide bonds. The summed E-state index contributed by atoms with van der Waals surface area (Å²) in [6.07, 6.45) is 0. The maximum atomic E-state index is 12.0. The van der Waals surface area contributed by atoms with Crippen LogP contribution in [0.5, 0.6) is 0 Å². The first-order chi connectivity index (χ1) is 10.1. The normalized spacial score (nSPS) is 10.8. The van der Waals surface area contributed by atoms with E-state index in [4.69, 9.17) is 4.74 Å². The van der Waals surface area contributed by atoms with Crippen LogP contribution in [0.25, 0.3) is 16.9 Å². The van der Waals surface area contributed by atoms with E-state index in [1.807, 2.05) is 37.3 Å². The smallest absolute Gasteiger partial charge is 0.356 e. The largest absolute Gasteiger partial charge is 0.464 e. The van der Waals surface area contributed by atoms with Gasteiger partial charge in [0.15, 0.2) is 11.3 Å². The van der Waals surface area contributed by atoms with Crippen molar-refractivity contribution in [3.05, 3.63) is 52.3 Å². The number of carbonyl (C=O) groups excluding carboxylic acids is 1. The molecule has 0 atom stereocenters. The topological polar surface area (TPSA) is 56.5 Å². The van der Waals surface area contributed by atoms with E-state index in [0.29, 0.717) is 17.0 Å². The maximum absolute atomic E-state index is 12.0. The molecule has 0 bridgehead atoms. The number of hydrogen-bond acceptors (Lipinski definition) is 4. The van der Waals surface area contributed by atoms with Crippen molar-refractivity contribution in [2.24, 2.45) is 0 Å². The highest BCUT2D eigenvalue weighted by molar-refractivity contribution is 9.10. The van der Waals surface area contributed by atoms with Gasteiger partial charge in [-0.2, -0.15) is 5.10 Å². The van der Waals surface area contributed by atoms with Crippen LogP contribution in [0, 0.1) is 6.92 Å². The Balaban J connectivity index is 2.33. The second kappa shape index (κ2) is 5.29. The van der Waals surface area contributed by atoms with Gasteiger partial charge in [0.1, 0.15) is 0 Å². The molecular formula is C15H12BrN3O2. The maximum Gasteiger partial charge on any atom is 0.356 e. The molecule has 106 valence electrons. The molecule has 1 aromatic carbocycles. The molecule has 3 rings (SSSR count). The van der Waals surface area contributed by atoms with Crippen molar-refractivity contribution >= 4 is 27.5 Å². The number of aryl methyl sites for hydroxylation is 1. The van der Waals surface area contributed by atoms with E-state index in [-0.39, 0.29) is 0 Å². The van der Waals surface area contributed by atoms with E-state index < -0.39 is 5.97 Å². The van der Waals surface area contributed by atoms with Crippen molar-refractivity contribution in [1.29, 1.82) is 0 Å². The number of esters is 1. The van der Waals surface area contributed by atoms with Gasteiger partial charge in [-0.15, -0.1) is 0 Å². The molecule has 0 radical (unpaired) electrons. The van der Waals surface area contributed by atoms with Crippen LogP contribution < -0.4 is 0 Å². The highest BCUT2D eigenvalue weighted by atomic mass is 79.9. The molecule has 0 spiro atoms. The van der Waals surface area contributed by atoms with Crippen LogP contribution in [0.15, 0.2) is 40.9 Å². The Bertz CT molecular complexity index is 828. The summed E-state index contributed by atoms with van der Waals surface area (Å²) in [6.45, 7) is 1.85. The minimum atomic E-state index is -0.449. The van der Waals surface area contributed by atoms with Crippen LogP contribution in [0.4, 0.5) is 0 Å². The Morgan fingerprint density at radius 1 is 1.29 bits per heavy atom. The van der Waals surface area contributed by atoms with Crippen LogP contribution in [0.2, 0.25) is 0 Å².